The SMILES string of the molecule is [H-].[H-].[H-].[H-].[H-].[H-].[H-].[H-].[H-].[H-].[H-].[H-].[H-].[H-].[H-].[H-].[H-].[H-].[H-].[H-].[H-].[H-].[H-].[H-].[H-].[H-].[H-].[H-].[H-].[H-].[H-].[H-].[H-].[H-].[H-].[H-].[H-].[H-].[H-].[H-].[H-].[H-].[H-].[H-].[H-].[H-].[H-].[H-].[H-].[H-].[H-].[H-].[H-].[H-].[H-].[H-].[H-].[K+].[K+].[K+].[K+].[K+].[K+].[K+].[K+].[K+].[K+].[K+].[K+].[K+].[K+].[K+].[K+].[K+].[K+].[K+].[K+].[K+].[K+].[K+].[K+].[K+].[K+].[K+].[K+].[K+].[K+].[K+].[K+].[K+].[K+].[K+].[K+].[K+].[K+].[K+].[K+].[K+].[K+].[K+].[K+].[K+].[K+].[K+].[K+].[K+].[K+].[K+].[K+].[K+].[K+].[K+].[K+].[K+]. The van der Waals surface area contributed by atoms with E-state index >= 15 is 0 Å². The minimum absolute atomic E-state index is 0. The van der Waals surface area contributed by atoms with Crippen molar-refractivity contribution in [1.82, 2.24) is 0 Å². The van der Waals surface area contributed by atoms with Crippen LogP contribution in [0.2, 0.25) is 0 Å². The maximum absolute atomic E-state index is 0. The standard InChI is InChI=1S/57K.57H/q57*+1;57*-1. The van der Waals surface area contributed by atoms with Gasteiger partial charge in [0.15, 0.2) is 0 Å². The summed E-state index contributed by atoms with van der Waals surface area (Å²) < 4.78 is 0. The Hall–Kier alpha value is 93.3. The molecule has 0 fully saturated rings. The van der Waals surface area contributed by atoms with E-state index in [1.807, 2.05) is 0 Å². The average molecular weight is 2290 g/mol. The molecule has 0 radical (unpaired) electrons. The van der Waals surface area contributed by atoms with Crippen LogP contribution in [0.4, 0.5) is 0 Å². The van der Waals surface area contributed by atoms with Gasteiger partial charge in [-0.2, -0.15) is 0 Å². The molecule has 0 rings (SSSR count). The molecule has 0 heterocycles. The third-order valence-corrected chi connectivity index (χ3v) is 0. The van der Waals surface area contributed by atoms with Crippen molar-refractivity contribution in [2.45, 2.75) is 0 Å². The molecule has 0 N–H and O–H groups in total. The van der Waals surface area contributed by atoms with Crippen molar-refractivity contribution in [3.05, 3.63) is 0 Å². The predicted molar refractivity (Wildman–Crippen MR) is 63.4 cm³/mol. The molecule has 0 atom stereocenters. The largest absolute Gasteiger partial charge is 1.00 e. The van der Waals surface area contributed by atoms with Crippen molar-refractivity contribution < 1.29 is 3010 Å². The molecular formula is H57K57. The third-order valence-electron chi connectivity index (χ3n) is 0. The molecule has 0 spiro atoms. The van der Waals surface area contributed by atoms with E-state index in [-0.39, 0.29) is 3010 Å². The van der Waals surface area contributed by atoms with E-state index in [1.54, 1.807) is 0 Å². The van der Waals surface area contributed by atoms with Crippen LogP contribution in [0.1, 0.15) is 81.3 Å². The van der Waals surface area contributed by atoms with E-state index in [9.17, 15) is 0 Å². The second-order valence-corrected chi connectivity index (χ2v) is 0. The van der Waals surface area contributed by atoms with Gasteiger partial charge >= 0.3 is 2930 Å². The summed E-state index contributed by atoms with van der Waals surface area (Å²) in [5.74, 6) is 0. The molecule has 0 aromatic carbocycles. The zero-order chi connectivity index (χ0) is 0. The Labute approximate surface area is 2870 Å². The molecule has 0 aliphatic carbocycles. The minimum atomic E-state index is 0. The van der Waals surface area contributed by atoms with Gasteiger partial charge in [0.2, 0.25) is 0 Å². The van der Waals surface area contributed by atoms with Crippen molar-refractivity contribution in [2.24, 2.45) is 0 Å². The maximum atomic E-state index is 0. The Bertz CT molecular complexity index is 114. The van der Waals surface area contributed by atoms with E-state index in [0.717, 1.165) is 0 Å². The number of hydrogen-bond acceptors (Lipinski definition) is 0. The molecule has 0 aromatic heterocycles. The van der Waals surface area contributed by atoms with Crippen molar-refractivity contribution in [1.29, 1.82) is 0 Å². The molecule has 0 nitrogen and oxygen atoms in total. The number of hydrogen-bond donors (Lipinski definition) is 0. The van der Waals surface area contributed by atoms with Crippen LogP contribution in [0.5, 0.6) is 0 Å². The molecule has 0 amide bonds. The van der Waals surface area contributed by atoms with Gasteiger partial charge < -0.3 is 81.3 Å². The van der Waals surface area contributed by atoms with Crippen LogP contribution in [0.3, 0.4) is 0 Å². The topological polar surface area (TPSA) is 0 Å². The van der Waals surface area contributed by atoms with Crippen LogP contribution in [-0.2, 0) is 0 Å². The van der Waals surface area contributed by atoms with Gasteiger partial charge in [-0.25, -0.2) is 0 Å². The fourth-order valence-corrected chi connectivity index (χ4v) is 0. The second-order valence-electron chi connectivity index (χ2n) is 0. The van der Waals surface area contributed by atoms with Crippen molar-refractivity contribution in [2.75, 3.05) is 0 Å². The number of rotatable bonds is 0. The minimum Gasteiger partial charge on any atom is -1.00 e. The Morgan fingerprint density at radius 2 is 0.0351 bits per heavy atom. The summed E-state index contributed by atoms with van der Waals surface area (Å²) in [5, 5.41) is 0. The molecule has 0 aliphatic heterocycles. The first-order valence-electron chi connectivity index (χ1n) is 0. The van der Waals surface area contributed by atoms with Crippen LogP contribution >= 0.6 is 0 Å². The predicted octanol–water partition coefficient (Wildman–Crippen LogP) is -164. The van der Waals surface area contributed by atoms with Crippen molar-refractivity contribution in [3.63, 3.8) is 0 Å². The van der Waals surface area contributed by atoms with Gasteiger partial charge in [-0.05, 0) is 0 Å². The van der Waals surface area contributed by atoms with Gasteiger partial charge in [-0.3, -0.25) is 0 Å². The molecular weight excluding hydrogens is 2230 g/mol. The average Bonchev–Trinajstić information content (AvgIpc) is 0. The third kappa shape index (κ3) is 372. The Morgan fingerprint density at radius 3 is 0.0351 bits per heavy atom. The monoisotopic (exact) mass is 2280 g/mol. The van der Waals surface area contributed by atoms with Gasteiger partial charge in [0, 0.05) is 0 Å². The zero-order valence-corrected chi connectivity index (χ0v) is 235. The fourth-order valence-electron chi connectivity index (χ4n) is 0. The second kappa shape index (κ2) is 377. The fraction of sp³-hybridized carbons (Fsp3) is 0. The van der Waals surface area contributed by atoms with Crippen LogP contribution in [-0.4, -0.2) is 0 Å². The normalized spacial score (nSPS) is 0. The molecule has 0 unspecified atom stereocenters. The summed E-state index contributed by atoms with van der Waals surface area (Å²) in [4.78, 5) is 0. The summed E-state index contributed by atoms with van der Waals surface area (Å²) in [5.41, 5.74) is 0. The zero-order valence-electron chi connectivity index (χ0n) is 114. The van der Waals surface area contributed by atoms with Gasteiger partial charge in [-0.1, -0.05) is 0 Å². The maximum Gasteiger partial charge on any atom is 1.00 e. The molecule has 0 aromatic rings. The van der Waals surface area contributed by atoms with Crippen LogP contribution in [0, 0.1) is 0 Å². The van der Waals surface area contributed by atoms with Crippen LogP contribution in [0.15, 0.2) is 0 Å². The molecule has 57 heavy (non-hydrogen) atoms. The summed E-state index contributed by atoms with van der Waals surface area (Å²) in [6, 6.07) is 0. The Balaban J connectivity index is 0. The molecule has 114 valence electrons. The van der Waals surface area contributed by atoms with E-state index in [0.29, 0.717) is 0 Å². The van der Waals surface area contributed by atoms with Gasteiger partial charge in [-0.15, -0.1) is 0 Å². The van der Waals surface area contributed by atoms with Gasteiger partial charge in [0.25, 0.3) is 0 Å². The first-order valence-corrected chi connectivity index (χ1v) is 0. The Kier molecular flexibility index (Phi) is 2550. The molecule has 0 aliphatic rings. The quantitative estimate of drug-likeness (QED) is 0.212. The first kappa shape index (κ1) is 385. The summed E-state index contributed by atoms with van der Waals surface area (Å²) >= 11 is 0. The van der Waals surface area contributed by atoms with E-state index in [4.69, 9.17) is 0 Å². The van der Waals surface area contributed by atoms with E-state index < -0.39 is 0 Å². The molecule has 0 saturated heterocycles. The first-order chi connectivity index (χ1) is 0. The van der Waals surface area contributed by atoms with E-state index in [1.165, 1.54) is 0 Å². The summed E-state index contributed by atoms with van der Waals surface area (Å²) in [6.07, 6.45) is 0. The van der Waals surface area contributed by atoms with Gasteiger partial charge in [0.1, 0.15) is 0 Å². The van der Waals surface area contributed by atoms with Crippen molar-refractivity contribution in [3.8, 4) is 0 Å². The summed E-state index contributed by atoms with van der Waals surface area (Å²) in [6.45, 7) is 0. The molecule has 0 saturated carbocycles. The van der Waals surface area contributed by atoms with E-state index in [2.05, 4.69) is 0 Å². The summed E-state index contributed by atoms with van der Waals surface area (Å²) in [7, 11) is 0. The Morgan fingerprint density at radius 1 is 0.0351 bits per heavy atom. The molecule has 57 heteroatoms. The van der Waals surface area contributed by atoms with Crippen LogP contribution in [0.25, 0.3) is 0 Å². The van der Waals surface area contributed by atoms with Crippen LogP contribution < -0.4 is 2930 Å². The smallest absolute Gasteiger partial charge is 1.00 e. The van der Waals surface area contributed by atoms with Crippen molar-refractivity contribution >= 4 is 0 Å². The van der Waals surface area contributed by atoms with Gasteiger partial charge in [0.05, 0.1) is 0 Å². The molecule has 0 bridgehead atoms.